The maximum atomic E-state index is 8.64. The number of hydrogen-bond acceptors (Lipinski definition) is 2. The van der Waals surface area contributed by atoms with Crippen LogP contribution in [0.15, 0.2) is 25.3 Å². The fourth-order valence-corrected chi connectivity index (χ4v) is 0.412. The lowest BCUT2D eigenvalue weighted by atomic mass is 10.8. The molecule has 0 saturated carbocycles. The van der Waals surface area contributed by atoms with Crippen molar-refractivity contribution >= 4 is 5.88 Å². The van der Waals surface area contributed by atoms with E-state index in [0.717, 1.165) is 0 Å². The van der Waals surface area contributed by atoms with Crippen molar-refractivity contribution in [3.63, 3.8) is 0 Å². The van der Waals surface area contributed by atoms with Gasteiger partial charge in [0, 0.05) is 12.4 Å². The molecule has 1 N–H and O–H groups in total. The van der Waals surface area contributed by atoms with Gasteiger partial charge in [-0.25, -0.2) is 4.98 Å². The molecule has 0 saturated heterocycles. The summed E-state index contributed by atoms with van der Waals surface area (Å²) in [7, 11) is 0. The fraction of sp³-hybridized carbons (Fsp3) is 0. The van der Waals surface area contributed by atoms with E-state index in [0.29, 0.717) is 0 Å². The summed E-state index contributed by atoms with van der Waals surface area (Å²) >= 11 is 0. The molecule has 0 unspecified atom stereocenters. The van der Waals surface area contributed by atoms with E-state index in [-0.39, 0.29) is 5.88 Å². The number of imidazole rings is 1. The second kappa shape index (κ2) is 1.69. The first-order valence-electron chi connectivity index (χ1n) is 2.17. The third-order valence-corrected chi connectivity index (χ3v) is 0.802. The number of rotatable bonds is 1. The molecule has 0 aliphatic heterocycles. The maximum absolute atomic E-state index is 8.64. The van der Waals surface area contributed by atoms with Crippen molar-refractivity contribution in [2.45, 2.75) is 0 Å². The lowest BCUT2D eigenvalue weighted by Gasteiger charge is -1.92. The van der Waals surface area contributed by atoms with Gasteiger partial charge in [-0.1, -0.05) is 0 Å². The van der Waals surface area contributed by atoms with Crippen LogP contribution in [-0.4, -0.2) is 14.7 Å². The molecule has 0 aromatic carbocycles. The summed E-state index contributed by atoms with van der Waals surface area (Å²) in [6.07, 6.45) is 4.66. The molecule has 3 nitrogen and oxygen atoms in total. The van der Waals surface area contributed by atoms with Crippen molar-refractivity contribution < 1.29 is 5.11 Å². The molecule has 0 radical (unpaired) electrons. The van der Waals surface area contributed by atoms with Gasteiger partial charge in [0.15, 0.2) is 5.88 Å². The van der Waals surface area contributed by atoms with Gasteiger partial charge in [0.1, 0.15) is 6.33 Å². The van der Waals surface area contributed by atoms with E-state index in [9.17, 15) is 0 Å². The molecule has 0 fully saturated rings. The molecule has 1 heterocycles. The average molecular weight is 110 g/mol. The lowest BCUT2D eigenvalue weighted by Crippen LogP contribution is -1.87. The summed E-state index contributed by atoms with van der Waals surface area (Å²) in [6, 6.07) is 0. The highest BCUT2D eigenvalue weighted by Crippen LogP contribution is 1.92. The van der Waals surface area contributed by atoms with Gasteiger partial charge in [-0.05, 0) is 6.58 Å². The number of nitrogens with zero attached hydrogens (tertiary/aromatic N) is 2. The standard InChI is InChI=1S/C5H6N2O/c1-5(8)7-3-2-6-4-7/h2-4,8H,1H2. The highest BCUT2D eigenvalue weighted by atomic mass is 16.3. The van der Waals surface area contributed by atoms with Crippen molar-refractivity contribution in [3.8, 4) is 0 Å². The van der Waals surface area contributed by atoms with Gasteiger partial charge in [-0.15, -0.1) is 0 Å². The van der Waals surface area contributed by atoms with Crippen LogP contribution in [0, 0.1) is 0 Å². The highest BCUT2D eigenvalue weighted by molar-refractivity contribution is 5.27. The predicted octanol–water partition coefficient (Wildman–Crippen LogP) is 0.869. The molecule has 0 aliphatic carbocycles. The van der Waals surface area contributed by atoms with Crippen molar-refractivity contribution in [2.75, 3.05) is 0 Å². The molecule has 0 atom stereocenters. The Morgan fingerprint density at radius 2 is 2.50 bits per heavy atom. The van der Waals surface area contributed by atoms with Crippen molar-refractivity contribution in [3.05, 3.63) is 25.3 Å². The Morgan fingerprint density at radius 3 is 2.75 bits per heavy atom. The predicted molar refractivity (Wildman–Crippen MR) is 30.2 cm³/mol. The minimum Gasteiger partial charge on any atom is -0.495 e. The second-order valence-corrected chi connectivity index (χ2v) is 1.39. The van der Waals surface area contributed by atoms with E-state index in [1.807, 2.05) is 0 Å². The van der Waals surface area contributed by atoms with E-state index in [2.05, 4.69) is 11.6 Å². The summed E-state index contributed by atoms with van der Waals surface area (Å²) in [5, 5.41) is 8.64. The minimum atomic E-state index is -0.0116. The van der Waals surface area contributed by atoms with E-state index in [4.69, 9.17) is 5.11 Å². The van der Waals surface area contributed by atoms with Crippen molar-refractivity contribution in [2.24, 2.45) is 0 Å². The Balaban J connectivity index is 2.93. The van der Waals surface area contributed by atoms with Gasteiger partial charge in [0.2, 0.25) is 0 Å². The maximum Gasteiger partial charge on any atom is 0.188 e. The first-order chi connectivity index (χ1) is 3.80. The molecule has 1 aromatic heterocycles. The summed E-state index contributed by atoms with van der Waals surface area (Å²) < 4.78 is 1.42. The van der Waals surface area contributed by atoms with Crippen molar-refractivity contribution in [1.82, 2.24) is 9.55 Å². The number of hydrogen-bond donors (Lipinski definition) is 1. The molecule has 8 heavy (non-hydrogen) atoms. The molecule has 42 valence electrons. The SMILES string of the molecule is C=C(O)n1ccnc1. The molecule has 0 spiro atoms. The fourth-order valence-electron chi connectivity index (χ4n) is 0.412. The quantitative estimate of drug-likeness (QED) is 0.544. The Bertz CT molecular complexity index is 178. The largest absolute Gasteiger partial charge is 0.495 e. The summed E-state index contributed by atoms with van der Waals surface area (Å²) in [6.45, 7) is 3.28. The second-order valence-electron chi connectivity index (χ2n) is 1.39. The summed E-state index contributed by atoms with van der Waals surface area (Å²) in [5.41, 5.74) is 0. The molecule has 0 aliphatic rings. The van der Waals surface area contributed by atoms with Crippen LogP contribution < -0.4 is 0 Å². The Labute approximate surface area is 46.9 Å². The summed E-state index contributed by atoms with van der Waals surface area (Å²) in [5.74, 6) is -0.0116. The average Bonchev–Trinajstić information content (AvgIpc) is 2.12. The Hall–Kier alpha value is -1.25. The van der Waals surface area contributed by atoms with Gasteiger partial charge < -0.3 is 5.11 Å². The summed E-state index contributed by atoms with van der Waals surface area (Å²) in [4.78, 5) is 3.69. The molecule has 0 amide bonds. The van der Waals surface area contributed by atoms with Gasteiger partial charge in [0.25, 0.3) is 0 Å². The minimum absolute atomic E-state index is 0.0116. The first-order valence-corrected chi connectivity index (χ1v) is 2.17. The number of aliphatic hydroxyl groups is 1. The van der Waals surface area contributed by atoms with Crippen LogP contribution in [0.1, 0.15) is 0 Å². The Morgan fingerprint density at radius 1 is 1.75 bits per heavy atom. The van der Waals surface area contributed by atoms with Crippen LogP contribution >= 0.6 is 0 Å². The van der Waals surface area contributed by atoms with Crippen LogP contribution in [0.25, 0.3) is 5.88 Å². The van der Waals surface area contributed by atoms with Gasteiger partial charge in [-0.2, -0.15) is 0 Å². The zero-order valence-electron chi connectivity index (χ0n) is 4.28. The number of aromatic nitrogens is 2. The smallest absolute Gasteiger partial charge is 0.188 e. The van der Waals surface area contributed by atoms with Crippen LogP contribution in [-0.2, 0) is 0 Å². The topological polar surface area (TPSA) is 38.0 Å². The Kier molecular flexibility index (Phi) is 1.04. The third-order valence-electron chi connectivity index (χ3n) is 0.802. The zero-order chi connectivity index (χ0) is 5.98. The van der Waals surface area contributed by atoms with Gasteiger partial charge >= 0.3 is 0 Å². The number of aliphatic hydroxyl groups excluding tert-OH is 1. The van der Waals surface area contributed by atoms with Crippen LogP contribution in [0.4, 0.5) is 0 Å². The van der Waals surface area contributed by atoms with Crippen molar-refractivity contribution in [1.29, 1.82) is 0 Å². The monoisotopic (exact) mass is 110 g/mol. The third kappa shape index (κ3) is 0.703. The molecule has 3 heteroatoms. The van der Waals surface area contributed by atoms with E-state index in [1.165, 1.54) is 10.9 Å². The van der Waals surface area contributed by atoms with E-state index < -0.39 is 0 Å². The molecular weight excluding hydrogens is 104 g/mol. The lowest BCUT2D eigenvalue weighted by molar-refractivity contribution is 0.474. The first kappa shape index (κ1) is 4.90. The normalized spacial score (nSPS) is 9.00. The highest BCUT2D eigenvalue weighted by Gasteiger charge is 1.86. The molecule has 0 bridgehead atoms. The zero-order valence-corrected chi connectivity index (χ0v) is 4.28. The van der Waals surface area contributed by atoms with Crippen LogP contribution in [0.5, 0.6) is 0 Å². The van der Waals surface area contributed by atoms with Crippen LogP contribution in [0.2, 0.25) is 0 Å². The van der Waals surface area contributed by atoms with Crippen LogP contribution in [0.3, 0.4) is 0 Å². The van der Waals surface area contributed by atoms with E-state index >= 15 is 0 Å². The molecule has 1 rings (SSSR count). The molecule has 1 aromatic rings. The van der Waals surface area contributed by atoms with Gasteiger partial charge in [-0.3, -0.25) is 4.57 Å². The molecular formula is C5H6N2O. The van der Waals surface area contributed by atoms with E-state index in [1.54, 1.807) is 12.4 Å². The van der Waals surface area contributed by atoms with Gasteiger partial charge in [0.05, 0.1) is 0 Å².